The molecule has 0 atom stereocenters. The molecular formula is C20H32ClNO3. The van der Waals surface area contributed by atoms with Crippen LogP contribution in [0.1, 0.15) is 59.1 Å². The average molecular weight is 370 g/mol. The highest BCUT2D eigenvalue weighted by molar-refractivity contribution is 6.31. The number of rotatable bonds is 10. The fourth-order valence-electron chi connectivity index (χ4n) is 1.82. The zero-order valence-electron chi connectivity index (χ0n) is 16.6. The van der Waals surface area contributed by atoms with Crippen molar-refractivity contribution in [3.63, 3.8) is 0 Å². The molecule has 0 bridgehead atoms. The lowest BCUT2D eigenvalue weighted by molar-refractivity contribution is -0.130. The minimum Gasteiger partial charge on any atom is -0.493 e. The number of carbonyl (C=O) groups excluding carboxylic acids is 1. The fraction of sp³-hybridized carbons (Fsp3) is 0.650. The van der Waals surface area contributed by atoms with Crippen LogP contribution in [-0.2, 0) is 16.2 Å². The van der Waals surface area contributed by atoms with Crippen LogP contribution in [0.5, 0.6) is 5.75 Å². The Bertz CT molecular complexity index is 597. The van der Waals surface area contributed by atoms with Crippen LogP contribution in [0.15, 0.2) is 12.1 Å². The van der Waals surface area contributed by atoms with Crippen LogP contribution in [0, 0.1) is 17.8 Å². The Balaban J connectivity index is 2.68. The summed E-state index contributed by atoms with van der Waals surface area (Å²) in [5.74, 6) is 0.934. The first-order chi connectivity index (χ1) is 11.5. The van der Waals surface area contributed by atoms with E-state index >= 15 is 0 Å². The number of Topliss-reactive ketones (excluding diaryl/α,β-unsaturated/α-hetero) is 1. The van der Waals surface area contributed by atoms with E-state index in [4.69, 9.17) is 21.2 Å². The van der Waals surface area contributed by atoms with Gasteiger partial charge in [0.1, 0.15) is 11.5 Å². The molecule has 0 radical (unpaired) electrons. The molecule has 0 saturated heterocycles. The Kier molecular flexibility index (Phi) is 7.91. The number of halogens is 1. The number of nitrogens with one attached hydrogen (secondary N) is 1. The molecule has 0 saturated carbocycles. The molecule has 1 rings (SSSR count). The summed E-state index contributed by atoms with van der Waals surface area (Å²) in [6.07, 6.45) is 1.05. The van der Waals surface area contributed by atoms with Gasteiger partial charge in [0, 0.05) is 17.0 Å². The van der Waals surface area contributed by atoms with Crippen LogP contribution < -0.4 is 10.2 Å². The van der Waals surface area contributed by atoms with Crippen LogP contribution in [0.25, 0.3) is 0 Å². The third-order valence-electron chi connectivity index (χ3n) is 4.67. The van der Waals surface area contributed by atoms with E-state index in [1.807, 2.05) is 32.9 Å². The molecule has 0 aliphatic rings. The SMILES string of the molecule is CCC(C)(C)COc1cc(CNOCC(C)(C)C(C)=O)c(Cl)cc1C. The highest BCUT2D eigenvalue weighted by atomic mass is 35.5. The monoisotopic (exact) mass is 369 g/mol. The first-order valence-electron chi connectivity index (χ1n) is 8.76. The van der Waals surface area contributed by atoms with Crippen LogP contribution in [0.3, 0.4) is 0 Å². The molecule has 0 aliphatic heterocycles. The van der Waals surface area contributed by atoms with Crippen molar-refractivity contribution in [2.75, 3.05) is 13.2 Å². The van der Waals surface area contributed by atoms with Crippen LogP contribution in [0.4, 0.5) is 0 Å². The lowest BCUT2D eigenvalue weighted by atomic mass is 9.90. The van der Waals surface area contributed by atoms with Gasteiger partial charge in [-0.3, -0.25) is 4.79 Å². The normalized spacial score (nSPS) is 12.3. The van der Waals surface area contributed by atoms with Crippen molar-refractivity contribution < 1.29 is 14.4 Å². The van der Waals surface area contributed by atoms with Gasteiger partial charge < -0.3 is 9.57 Å². The second kappa shape index (κ2) is 9.02. The lowest BCUT2D eigenvalue weighted by Crippen LogP contribution is -2.31. The van der Waals surface area contributed by atoms with E-state index < -0.39 is 5.41 Å². The first kappa shape index (κ1) is 21.9. The summed E-state index contributed by atoms with van der Waals surface area (Å²) in [5, 5.41) is 0.668. The van der Waals surface area contributed by atoms with Gasteiger partial charge in [-0.25, -0.2) is 0 Å². The van der Waals surface area contributed by atoms with E-state index in [1.165, 1.54) is 0 Å². The highest BCUT2D eigenvalue weighted by Crippen LogP contribution is 2.29. The number of hydrogen-bond acceptors (Lipinski definition) is 4. The molecule has 0 fully saturated rings. The highest BCUT2D eigenvalue weighted by Gasteiger charge is 2.24. The summed E-state index contributed by atoms with van der Waals surface area (Å²) < 4.78 is 6.01. The number of ketones is 1. The number of carbonyl (C=O) groups is 1. The van der Waals surface area contributed by atoms with E-state index in [9.17, 15) is 4.79 Å². The molecule has 0 heterocycles. The summed E-state index contributed by atoms with van der Waals surface area (Å²) in [5.41, 5.74) is 4.43. The average Bonchev–Trinajstić information content (AvgIpc) is 2.52. The van der Waals surface area contributed by atoms with Crippen molar-refractivity contribution in [1.29, 1.82) is 0 Å². The maximum Gasteiger partial charge on any atom is 0.137 e. The Morgan fingerprint density at radius 1 is 1.20 bits per heavy atom. The van der Waals surface area contributed by atoms with Crippen molar-refractivity contribution >= 4 is 17.4 Å². The first-order valence-corrected chi connectivity index (χ1v) is 9.14. The standard InChI is InChI=1S/C20H32ClNO3/c1-8-19(4,5)12-24-18-10-16(17(21)9-14(18)2)11-22-25-13-20(6,7)15(3)23/h9-10,22H,8,11-13H2,1-7H3. The Labute approximate surface area is 157 Å². The van der Waals surface area contributed by atoms with E-state index in [1.54, 1.807) is 6.92 Å². The van der Waals surface area contributed by atoms with Gasteiger partial charge in [0.15, 0.2) is 0 Å². The summed E-state index contributed by atoms with van der Waals surface area (Å²) in [7, 11) is 0. The molecule has 0 aromatic heterocycles. The van der Waals surface area contributed by atoms with Gasteiger partial charge >= 0.3 is 0 Å². The number of aryl methyl sites for hydroxylation is 1. The predicted molar refractivity (Wildman–Crippen MR) is 103 cm³/mol. The third kappa shape index (κ3) is 6.96. The fourth-order valence-corrected chi connectivity index (χ4v) is 2.11. The second-order valence-electron chi connectivity index (χ2n) is 8.07. The topological polar surface area (TPSA) is 47.6 Å². The van der Waals surface area contributed by atoms with Crippen molar-refractivity contribution in [3.05, 3.63) is 28.3 Å². The van der Waals surface area contributed by atoms with Gasteiger partial charge in [-0.1, -0.05) is 46.2 Å². The predicted octanol–water partition coefficient (Wildman–Crippen LogP) is 5.10. The molecule has 25 heavy (non-hydrogen) atoms. The lowest BCUT2D eigenvalue weighted by Gasteiger charge is -2.24. The molecule has 4 nitrogen and oxygen atoms in total. The molecule has 142 valence electrons. The Morgan fingerprint density at radius 3 is 2.40 bits per heavy atom. The maximum atomic E-state index is 11.5. The summed E-state index contributed by atoms with van der Waals surface area (Å²) in [6.45, 7) is 15.2. The van der Waals surface area contributed by atoms with Crippen LogP contribution >= 0.6 is 11.6 Å². The van der Waals surface area contributed by atoms with E-state index in [0.29, 0.717) is 24.8 Å². The largest absolute Gasteiger partial charge is 0.493 e. The van der Waals surface area contributed by atoms with Gasteiger partial charge in [-0.15, -0.1) is 0 Å². The molecule has 0 spiro atoms. The van der Waals surface area contributed by atoms with Crippen molar-refractivity contribution in [2.24, 2.45) is 10.8 Å². The Morgan fingerprint density at radius 2 is 1.84 bits per heavy atom. The summed E-state index contributed by atoms with van der Waals surface area (Å²) in [4.78, 5) is 16.9. The van der Waals surface area contributed by atoms with E-state index in [0.717, 1.165) is 23.3 Å². The molecule has 0 unspecified atom stereocenters. The second-order valence-corrected chi connectivity index (χ2v) is 8.47. The summed E-state index contributed by atoms with van der Waals surface area (Å²) >= 11 is 6.33. The molecule has 1 aromatic carbocycles. The van der Waals surface area contributed by atoms with Crippen LogP contribution in [-0.4, -0.2) is 19.0 Å². The quantitative estimate of drug-likeness (QED) is 0.460. The molecular weight excluding hydrogens is 338 g/mol. The smallest absolute Gasteiger partial charge is 0.137 e. The van der Waals surface area contributed by atoms with Crippen LogP contribution in [0.2, 0.25) is 5.02 Å². The van der Waals surface area contributed by atoms with Gasteiger partial charge in [-0.05, 0) is 48.9 Å². The maximum absolute atomic E-state index is 11.5. The molecule has 0 aliphatic carbocycles. The van der Waals surface area contributed by atoms with Crippen molar-refractivity contribution in [1.82, 2.24) is 5.48 Å². The van der Waals surface area contributed by atoms with E-state index in [-0.39, 0.29) is 11.2 Å². The van der Waals surface area contributed by atoms with Gasteiger partial charge in [-0.2, -0.15) is 5.48 Å². The zero-order valence-corrected chi connectivity index (χ0v) is 17.3. The number of hydroxylamine groups is 1. The minimum atomic E-state index is -0.510. The number of hydrogen-bond donors (Lipinski definition) is 1. The number of ether oxygens (including phenoxy) is 1. The molecule has 1 N–H and O–H groups in total. The van der Waals surface area contributed by atoms with Crippen molar-refractivity contribution in [3.8, 4) is 5.75 Å². The van der Waals surface area contributed by atoms with Gasteiger partial charge in [0.25, 0.3) is 0 Å². The number of benzene rings is 1. The van der Waals surface area contributed by atoms with Gasteiger partial charge in [0.2, 0.25) is 0 Å². The summed E-state index contributed by atoms with van der Waals surface area (Å²) in [6, 6.07) is 3.86. The minimum absolute atomic E-state index is 0.0943. The van der Waals surface area contributed by atoms with Gasteiger partial charge in [0.05, 0.1) is 13.2 Å². The molecule has 1 aromatic rings. The van der Waals surface area contributed by atoms with E-state index in [2.05, 4.69) is 26.3 Å². The molecule has 0 amide bonds. The third-order valence-corrected chi connectivity index (χ3v) is 5.02. The molecule has 5 heteroatoms. The van der Waals surface area contributed by atoms with Crippen molar-refractivity contribution in [2.45, 2.75) is 61.4 Å². The zero-order chi connectivity index (χ0) is 19.3. The Hall–Kier alpha value is -1.10.